The van der Waals surface area contributed by atoms with Gasteiger partial charge in [-0.25, -0.2) is 9.78 Å². The van der Waals surface area contributed by atoms with Crippen molar-refractivity contribution >= 4 is 34.1 Å². The number of hydrogen-bond donors (Lipinski definition) is 2. The maximum Gasteiger partial charge on any atom is 0.357 e. The van der Waals surface area contributed by atoms with Crippen molar-refractivity contribution in [1.29, 1.82) is 0 Å². The van der Waals surface area contributed by atoms with Gasteiger partial charge in [-0.15, -0.1) is 11.3 Å². The summed E-state index contributed by atoms with van der Waals surface area (Å²) in [6.45, 7) is 0. The van der Waals surface area contributed by atoms with E-state index in [2.05, 4.69) is 10.3 Å². The summed E-state index contributed by atoms with van der Waals surface area (Å²) in [4.78, 5) is 14.7. The Morgan fingerprint density at radius 1 is 1.53 bits per heavy atom. The van der Waals surface area contributed by atoms with Gasteiger partial charge in [0, 0.05) is 6.04 Å². The predicted octanol–water partition coefficient (Wildman–Crippen LogP) is 2.15. The second kappa shape index (κ2) is 4.85. The minimum Gasteiger partial charge on any atom is -0.476 e. The third-order valence-corrected chi connectivity index (χ3v) is 4.13. The van der Waals surface area contributed by atoms with Gasteiger partial charge in [-0.1, -0.05) is 0 Å². The van der Waals surface area contributed by atoms with Gasteiger partial charge < -0.3 is 10.4 Å². The lowest BCUT2D eigenvalue weighted by Gasteiger charge is -2.22. The molecule has 1 aliphatic rings. The highest BCUT2D eigenvalue weighted by molar-refractivity contribution is 7.99. The molecule has 0 atom stereocenters. The van der Waals surface area contributed by atoms with Crippen LogP contribution >= 0.6 is 23.1 Å². The fraction of sp³-hybridized carbons (Fsp3) is 0.556. The summed E-state index contributed by atoms with van der Waals surface area (Å²) in [5, 5.41) is 12.9. The lowest BCUT2D eigenvalue weighted by atomic mass is 10.1. The van der Waals surface area contributed by atoms with Crippen LogP contribution in [0, 0.1) is 0 Å². The molecule has 0 bridgehead atoms. The molecule has 2 N–H and O–H groups in total. The number of carboxylic acids is 1. The molecule has 0 amide bonds. The number of thioether (sulfide) groups is 1. The minimum atomic E-state index is -0.955. The van der Waals surface area contributed by atoms with E-state index in [4.69, 9.17) is 5.11 Å². The molecule has 0 saturated carbocycles. The predicted molar refractivity (Wildman–Crippen MR) is 63.0 cm³/mol. The van der Waals surface area contributed by atoms with Crippen LogP contribution in [0.25, 0.3) is 0 Å². The number of nitrogens with zero attached hydrogens (tertiary/aromatic N) is 1. The number of nitrogens with one attached hydrogen (secondary N) is 1. The number of carbonyl (C=O) groups is 1. The van der Waals surface area contributed by atoms with Crippen molar-refractivity contribution < 1.29 is 9.90 Å². The van der Waals surface area contributed by atoms with Crippen LogP contribution in [0.5, 0.6) is 0 Å². The van der Waals surface area contributed by atoms with Crippen LogP contribution < -0.4 is 5.32 Å². The van der Waals surface area contributed by atoms with Crippen LogP contribution in [0.2, 0.25) is 0 Å². The molecule has 6 heteroatoms. The van der Waals surface area contributed by atoms with E-state index in [0.717, 1.165) is 24.3 Å². The smallest absolute Gasteiger partial charge is 0.357 e. The van der Waals surface area contributed by atoms with Gasteiger partial charge in [0.1, 0.15) is 5.00 Å². The quantitative estimate of drug-likeness (QED) is 0.853. The first kappa shape index (κ1) is 10.8. The van der Waals surface area contributed by atoms with Crippen molar-refractivity contribution in [3.8, 4) is 0 Å². The average Bonchev–Trinajstić information content (AvgIpc) is 2.67. The maximum atomic E-state index is 10.8. The summed E-state index contributed by atoms with van der Waals surface area (Å²) in [5.74, 6) is 1.35. The number of aromatic nitrogens is 1. The molecular formula is C9H12N2O2S2. The van der Waals surface area contributed by atoms with Crippen molar-refractivity contribution in [2.24, 2.45) is 0 Å². The molecule has 0 aromatic carbocycles. The first-order valence-electron chi connectivity index (χ1n) is 4.78. The summed E-state index contributed by atoms with van der Waals surface area (Å²) in [7, 11) is 0. The molecule has 0 unspecified atom stereocenters. The highest BCUT2D eigenvalue weighted by Gasteiger charge is 2.18. The third-order valence-electron chi connectivity index (χ3n) is 2.33. The van der Waals surface area contributed by atoms with E-state index in [1.54, 1.807) is 5.51 Å². The first-order valence-corrected chi connectivity index (χ1v) is 6.82. The summed E-state index contributed by atoms with van der Waals surface area (Å²) in [6.07, 6.45) is 2.20. The van der Waals surface area contributed by atoms with Crippen LogP contribution in [0.1, 0.15) is 23.3 Å². The van der Waals surface area contributed by atoms with Crippen molar-refractivity contribution in [1.82, 2.24) is 4.98 Å². The van der Waals surface area contributed by atoms with E-state index in [1.807, 2.05) is 11.8 Å². The van der Waals surface area contributed by atoms with Crippen LogP contribution in [0.15, 0.2) is 5.51 Å². The Morgan fingerprint density at radius 3 is 2.93 bits per heavy atom. The van der Waals surface area contributed by atoms with Gasteiger partial charge in [-0.3, -0.25) is 0 Å². The summed E-state index contributed by atoms with van der Waals surface area (Å²) >= 11 is 3.31. The molecule has 15 heavy (non-hydrogen) atoms. The summed E-state index contributed by atoms with van der Waals surface area (Å²) < 4.78 is 0. The zero-order valence-electron chi connectivity index (χ0n) is 8.10. The van der Waals surface area contributed by atoms with E-state index >= 15 is 0 Å². The molecule has 0 radical (unpaired) electrons. The van der Waals surface area contributed by atoms with Gasteiger partial charge >= 0.3 is 5.97 Å². The normalized spacial score (nSPS) is 17.6. The van der Waals surface area contributed by atoms with Crippen LogP contribution in [-0.4, -0.2) is 33.6 Å². The van der Waals surface area contributed by atoms with E-state index in [1.165, 1.54) is 11.3 Å². The lowest BCUT2D eigenvalue weighted by molar-refractivity contribution is 0.0692. The second-order valence-corrected chi connectivity index (χ2v) is 5.45. The van der Waals surface area contributed by atoms with E-state index in [9.17, 15) is 4.79 Å². The van der Waals surface area contributed by atoms with Crippen molar-refractivity contribution in [3.63, 3.8) is 0 Å². The number of rotatable bonds is 3. The summed E-state index contributed by atoms with van der Waals surface area (Å²) in [5.41, 5.74) is 1.72. The largest absolute Gasteiger partial charge is 0.476 e. The Hall–Kier alpha value is -0.750. The average molecular weight is 244 g/mol. The second-order valence-electron chi connectivity index (χ2n) is 3.37. The topological polar surface area (TPSA) is 62.2 Å². The Labute approximate surface area is 96.1 Å². The molecule has 1 aromatic heterocycles. The Balaban J connectivity index is 2.03. The fourth-order valence-corrected chi connectivity index (χ4v) is 3.38. The fourth-order valence-electron chi connectivity index (χ4n) is 1.53. The summed E-state index contributed by atoms with van der Waals surface area (Å²) in [6, 6.07) is 0.407. The monoisotopic (exact) mass is 244 g/mol. The van der Waals surface area contributed by atoms with E-state index < -0.39 is 5.97 Å². The Morgan fingerprint density at radius 2 is 2.27 bits per heavy atom. The SMILES string of the molecule is O=C(O)c1ncsc1NC1CCSCC1. The number of hydrogen-bond acceptors (Lipinski definition) is 5. The highest BCUT2D eigenvalue weighted by Crippen LogP contribution is 2.25. The molecule has 1 saturated heterocycles. The van der Waals surface area contributed by atoms with E-state index in [-0.39, 0.29) is 5.69 Å². The van der Waals surface area contributed by atoms with Crippen LogP contribution in [0.3, 0.4) is 0 Å². The van der Waals surface area contributed by atoms with Crippen molar-refractivity contribution in [3.05, 3.63) is 11.2 Å². The Kier molecular flexibility index (Phi) is 3.48. The van der Waals surface area contributed by atoms with Gasteiger partial charge in [0.2, 0.25) is 0 Å². The molecule has 2 heterocycles. The molecule has 2 rings (SSSR count). The molecule has 0 aliphatic carbocycles. The molecule has 0 spiro atoms. The molecular weight excluding hydrogens is 232 g/mol. The van der Waals surface area contributed by atoms with E-state index in [0.29, 0.717) is 11.0 Å². The number of carboxylic acid groups (broad SMARTS) is 1. The molecule has 1 aromatic rings. The molecule has 4 nitrogen and oxygen atoms in total. The zero-order chi connectivity index (χ0) is 10.7. The molecule has 1 fully saturated rings. The van der Waals surface area contributed by atoms with Crippen LogP contribution in [0.4, 0.5) is 5.00 Å². The van der Waals surface area contributed by atoms with Crippen molar-refractivity contribution in [2.45, 2.75) is 18.9 Å². The lowest BCUT2D eigenvalue weighted by Crippen LogP contribution is -2.24. The Bertz CT molecular complexity index is 348. The van der Waals surface area contributed by atoms with Gasteiger partial charge in [0.25, 0.3) is 0 Å². The van der Waals surface area contributed by atoms with Gasteiger partial charge in [0.15, 0.2) is 5.69 Å². The maximum absolute atomic E-state index is 10.8. The highest BCUT2D eigenvalue weighted by atomic mass is 32.2. The molecule has 1 aliphatic heterocycles. The van der Waals surface area contributed by atoms with Crippen molar-refractivity contribution in [2.75, 3.05) is 16.8 Å². The minimum absolute atomic E-state index is 0.151. The number of anilines is 1. The van der Waals surface area contributed by atoms with Crippen LogP contribution in [-0.2, 0) is 0 Å². The zero-order valence-corrected chi connectivity index (χ0v) is 9.74. The number of thiazole rings is 1. The third kappa shape index (κ3) is 2.63. The number of aromatic carboxylic acids is 1. The van der Waals surface area contributed by atoms with Gasteiger partial charge in [0.05, 0.1) is 5.51 Å². The first-order chi connectivity index (χ1) is 7.27. The van der Waals surface area contributed by atoms with Gasteiger partial charge in [-0.2, -0.15) is 11.8 Å². The molecule has 82 valence electrons. The van der Waals surface area contributed by atoms with Gasteiger partial charge in [-0.05, 0) is 24.3 Å². The standard InChI is InChI=1S/C9H12N2O2S2/c12-9(13)7-8(15-5-10-7)11-6-1-3-14-4-2-6/h5-6,11H,1-4H2,(H,12,13).